The molecule has 0 atom stereocenters. The molecule has 1 heterocycles. The van der Waals surface area contributed by atoms with E-state index in [-0.39, 0.29) is 12.8 Å². The molecule has 0 bridgehead atoms. The molecule has 0 radical (unpaired) electrons. The molecule has 2 rings (SSSR count). The number of methoxy groups -OCH3 is 1. The fourth-order valence-corrected chi connectivity index (χ4v) is 2.86. The average Bonchev–Trinajstić information content (AvgIpc) is 2.62. The number of nitrogens with two attached hydrogens (primary N) is 1. The molecule has 0 amide bonds. The topological polar surface area (TPSA) is 52.3 Å². The Morgan fingerprint density at radius 3 is 2.69 bits per heavy atom. The van der Waals surface area contributed by atoms with Crippen LogP contribution in [0.4, 0.5) is 8.78 Å². The Kier molecular flexibility index (Phi) is 2.51. The highest BCUT2D eigenvalue weighted by molar-refractivity contribution is 7.10. The first-order valence-corrected chi connectivity index (χ1v) is 5.58. The highest BCUT2D eigenvalue weighted by atomic mass is 32.1. The van der Waals surface area contributed by atoms with Gasteiger partial charge in [-0.1, -0.05) is 0 Å². The van der Waals surface area contributed by atoms with Gasteiger partial charge in [-0.2, -0.15) is 0 Å². The van der Waals surface area contributed by atoms with Crippen LogP contribution in [0.3, 0.4) is 0 Å². The molecule has 0 aliphatic heterocycles. The number of halogens is 2. The molecule has 0 aromatic carbocycles. The zero-order valence-corrected chi connectivity index (χ0v) is 9.44. The molecule has 6 heteroatoms. The van der Waals surface area contributed by atoms with Gasteiger partial charge in [0, 0.05) is 23.1 Å². The van der Waals surface area contributed by atoms with Gasteiger partial charge in [-0.15, -0.1) is 11.3 Å². The summed E-state index contributed by atoms with van der Waals surface area (Å²) in [5.74, 6) is -3.15. The number of ether oxygens (including phenoxy) is 1. The van der Waals surface area contributed by atoms with E-state index in [1.807, 2.05) is 0 Å². The summed E-state index contributed by atoms with van der Waals surface area (Å²) in [5, 5.41) is 1.58. The van der Waals surface area contributed by atoms with Crippen LogP contribution in [0.2, 0.25) is 0 Å². The standard InChI is InChI=1S/C10H11F2NO2S/c1-15-8(14)6-2-7(16-3-6)9(13)4-10(11,12)5-9/h2-3H,4-5,13H2,1H3. The number of carbonyl (C=O) groups excluding carboxylic acids is 1. The second-order valence-corrected chi connectivity index (χ2v) is 4.97. The number of carbonyl (C=O) groups is 1. The third kappa shape index (κ3) is 1.82. The fourth-order valence-electron chi connectivity index (χ4n) is 1.87. The Morgan fingerprint density at radius 1 is 1.56 bits per heavy atom. The van der Waals surface area contributed by atoms with Crippen molar-refractivity contribution < 1.29 is 18.3 Å². The van der Waals surface area contributed by atoms with E-state index in [1.165, 1.54) is 24.5 Å². The fraction of sp³-hybridized carbons (Fsp3) is 0.500. The molecule has 1 saturated carbocycles. The van der Waals surface area contributed by atoms with Crippen LogP contribution >= 0.6 is 11.3 Å². The van der Waals surface area contributed by atoms with Crippen LogP contribution in [0.5, 0.6) is 0 Å². The normalized spacial score (nSPS) is 21.2. The van der Waals surface area contributed by atoms with Crippen LogP contribution in [-0.2, 0) is 10.3 Å². The van der Waals surface area contributed by atoms with Crippen molar-refractivity contribution >= 4 is 17.3 Å². The van der Waals surface area contributed by atoms with Crippen molar-refractivity contribution in [3.8, 4) is 0 Å². The molecule has 1 aromatic rings. The molecule has 0 saturated heterocycles. The van der Waals surface area contributed by atoms with Crippen LogP contribution in [-0.4, -0.2) is 19.0 Å². The van der Waals surface area contributed by atoms with E-state index in [1.54, 1.807) is 5.38 Å². The second-order valence-electron chi connectivity index (χ2n) is 4.06. The number of hydrogen-bond donors (Lipinski definition) is 1. The summed E-state index contributed by atoms with van der Waals surface area (Å²) in [6.45, 7) is 0. The monoisotopic (exact) mass is 247 g/mol. The molecular weight excluding hydrogens is 236 g/mol. The first kappa shape index (κ1) is 11.5. The predicted molar refractivity (Wildman–Crippen MR) is 55.7 cm³/mol. The average molecular weight is 247 g/mol. The maximum atomic E-state index is 12.8. The summed E-state index contributed by atoms with van der Waals surface area (Å²) < 4.78 is 30.1. The molecule has 1 aliphatic carbocycles. The van der Waals surface area contributed by atoms with Crippen LogP contribution < -0.4 is 5.73 Å². The van der Waals surface area contributed by atoms with E-state index in [4.69, 9.17) is 5.73 Å². The number of esters is 1. The Labute approximate surface area is 95.2 Å². The maximum Gasteiger partial charge on any atom is 0.338 e. The number of rotatable bonds is 2. The maximum absolute atomic E-state index is 12.8. The lowest BCUT2D eigenvalue weighted by molar-refractivity contribution is -0.123. The van der Waals surface area contributed by atoms with E-state index in [2.05, 4.69) is 4.74 Å². The van der Waals surface area contributed by atoms with Crippen LogP contribution in [0.1, 0.15) is 28.1 Å². The van der Waals surface area contributed by atoms with E-state index < -0.39 is 17.4 Å². The molecule has 3 nitrogen and oxygen atoms in total. The predicted octanol–water partition coefficient (Wildman–Crippen LogP) is 2.12. The van der Waals surface area contributed by atoms with E-state index in [0.717, 1.165) is 0 Å². The van der Waals surface area contributed by atoms with Gasteiger partial charge in [0.15, 0.2) is 0 Å². The lowest BCUT2D eigenvalue weighted by atomic mass is 9.73. The van der Waals surface area contributed by atoms with Crippen molar-refractivity contribution in [2.24, 2.45) is 5.73 Å². The molecule has 1 aromatic heterocycles. The van der Waals surface area contributed by atoms with Gasteiger partial charge < -0.3 is 10.5 Å². The summed E-state index contributed by atoms with van der Waals surface area (Å²) in [4.78, 5) is 11.8. The smallest absolute Gasteiger partial charge is 0.338 e. The first-order valence-electron chi connectivity index (χ1n) is 4.70. The highest BCUT2D eigenvalue weighted by Gasteiger charge is 2.55. The van der Waals surface area contributed by atoms with Gasteiger partial charge in [-0.3, -0.25) is 0 Å². The van der Waals surface area contributed by atoms with Crippen LogP contribution in [0.15, 0.2) is 11.4 Å². The molecule has 0 unspecified atom stereocenters. The van der Waals surface area contributed by atoms with E-state index in [0.29, 0.717) is 10.4 Å². The molecular formula is C10H11F2NO2S. The van der Waals surface area contributed by atoms with Gasteiger partial charge in [-0.05, 0) is 6.07 Å². The molecule has 1 fully saturated rings. The summed E-state index contributed by atoms with van der Waals surface area (Å²) in [6, 6.07) is 1.53. The van der Waals surface area contributed by atoms with Crippen molar-refractivity contribution in [2.45, 2.75) is 24.3 Å². The lowest BCUT2D eigenvalue weighted by Gasteiger charge is -2.43. The Morgan fingerprint density at radius 2 is 2.19 bits per heavy atom. The summed E-state index contributed by atoms with van der Waals surface area (Å²) in [6.07, 6.45) is -0.720. The Bertz CT molecular complexity index is 422. The van der Waals surface area contributed by atoms with E-state index >= 15 is 0 Å². The Hall–Kier alpha value is -1.01. The number of alkyl halides is 2. The van der Waals surface area contributed by atoms with Crippen molar-refractivity contribution in [1.29, 1.82) is 0 Å². The van der Waals surface area contributed by atoms with Gasteiger partial charge in [-0.25, -0.2) is 13.6 Å². The van der Waals surface area contributed by atoms with Gasteiger partial charge in [0.25, 0.3) is 5.92 Å². The number of thiophene rings is 1. The van der Waals surface area contributed by atoms with Crippen molar-refractivity contribution in [2.75, 3.05) is 7.11 Å². The first-order chi connectivity index (χ1) is 7.36. The van der Waals surface area contributed by atoms with Gasteiger partial charge in [0.05, 0.1) is 18.2 Å². The zero-order chi connectivity index (χ0) is 12.0. The third-order valence-electron chi connectivity index (χ3n) is 2.66. The number of hydrogen-bond acceptors (Lipinski definition) is 4. The quantitative estimate of drug-likeness (QED) is 0.814. The summed E-state index contributed by atoms with van der Waals surface area (Å²) in [5.41, 5.74) is 5.21. The third-order valence-corrected chi connectivity index (χ3v) is 3.81. The van der Waals surface area contributed by atoms with Crippen molar-refractivity contribution in [3.05, 3.63) is 21.9 Å². The highest BCUT2D eigenvalue weighted by Crippen LogP contribution is 2.51. The molecule has 0 spiro atoms. The van der Waals surface area contributed by atoms with Crippen molar-refractivity contribution in [1.82, 2.24) is 0 Å². The SMILES string of the molecule is COC(=O)c1csc(C2(N)CC(F)(F)C2)c1. The lowest BCUT2D eigenvalue weighted by Crippen LogP contribution is -2.55. The summed E-state index contributed by atoms with van der Waals surface area (Å²) >= 11 is 1.22. The molecule has 2 N–H and O–H groups in total. The molecule has 88 valence electrons. The Balaban J connectivity index is 2.17. The minimum Gasteiger partial charge on any atom is -0.465 e. The largest absolute Gasteiger partial charge is 0.465 e. The van der Waals surface area contributed by atoms with Crippen LogP contribution in [0, 0.1) is 0 Å². The van der Waals surface area contributed by atoms with Gasteiger partial charge >= 0.3 is 5.97 Å². The minimum absolute atomic E-state index is 0.360. The van der Waals surface area contributed by atoms with Crippen LogP contribution in [0.25, 0.3) is 0 Å². The second kappa shape index (κ2) is 3.49. The zero-order valence-electron chi connectivity index (χ0n) is 8.63. The molecule has 1 aliphatic rings. The minimum atomic E-state index is -2.68. The van der Waals surface area contributed by atoms with E-state index in [9.17, 15) is 13.6 Å². The summed E-state index contributed by atoms with van der Waals surface area (Å²) in [7, 11) is 1.27. The van der Waals surface area contributed by atoms with Crippen molar-refractivity contribution in [3.63, 3.8) is 0 Å². The van der Waals surface area contributed by atoms with Gasteiger partial charge in [0.1, 0.15) is 0 Å². The van der Waals surface area contributed by atoms with Gasteiger partial charge in [0.2, 0.25) is 0 Å². The molecule has 16 heavy (non-hydrogen) atoms.